The Labute approximate surface area is 162 Å². The highest BCUT2D eigenvalue weighted by Gasteiger charge is 2.15. The van der Waals surface area contributed by atoms with E-state index in [1.165, 1.54) is 0 Å². The zero-order valence-electron chi connectivity index (χ0n) is 13.8. The van der Waals surface area contributed by atoms with Gasteiger partial charge in [0.25, 0.3) is 0 Å². The Balaban J connectivity index is 1.74. The fourth-order valence-electron chi connectivity index (χ4n) is 2.58. The Morgan fingerprint density at radius 1 is 0.923 bits per heavy atom. The Morgan fingerprint density at radius 3 is 2.00 bits per heavy atom. The molecule has 0 saturated heterocycles. The van der Waals surface area contributed by atoms with E-state index in [0.29, 0.717) is 15.7 Å². The molecule has 4 nitrogen and oxygen atoms in total. The molecule has 1 heterocycles. The van der Waals surface area contributed by atoms with Gasteiger partial charge in [0, 0.05) is 16.2 Å². The summed E-state index contributed by atoms with van der Waals surface area (Å²) < 4.78 is 0. The molecule has 3 aromatic rings. The highest BCUT2D eigenvalue weighted by Crippen LogP contribution is 2.24. The number of carbonyl (C=O) groups excluding carboxylic acids is 1. The lowest BCUT2D eigenvalue weighted by molar-refractivity contribution is -0.115. The maximum atomic E-state index is 12.2. The van der Waals surface area contributed by atoms with E-state index in [9.17, 15) is 4.79 Å². The van der Waals surface area contributed by atoms with Crippen molar-refractivity contribution < 1.29 is 4.79 Å². The smallest absolute Gasteiger partial charge is 0.238 e. The monoisotopic (exact) mass is 385 g/mol. The Bertz CT molecular complexity index is 807. The van der Waals surface area contributed by atoms with Crippen molar-refractivity contribution in [3.05, 3.63) is 94.2 Å². The van der Waals surface area contributed by atoms with Gasteiger partial charge in [0.1, 0.15) is 0 Å². The second-order valence-electron chi connectivity index (χ2n) is 5.71. The summed E-state index contributed by atoms with van der Waals surface area (Å²) in [6.07, 6.45) is 3.26. The van der Waals surface area contributed by atoms with Crippen molar-refractivity contribution in [2.75, 3.05) is 11.9 Å². The molecule has 0 atom stereocenters. The van der Waals surface area contributed by atoms with Crippen molar-refractivity contribution in [1.29, 1.82) is 0 Å². The summed E-state index contributed by atoms with van der Waals surface area (Å²) in [5.41, 5.74) is 2.67. The van der Waals surface area contributed by atoms with E-state index in [1.807, 2.05) is 48.5 Å². The van der Waals surface area contributed by atoms with Crippen molar-refractivity contribution in [3.63, 3.8) is 0 Å². The predicted molar refractivity (Wildman–Crippen MR) is 106 cm³/mol. The van der Waals surface area contributed by atoms with E-state index >= 15 is 0 Å². The molecule has 0 spiro atoms. The van der Waals surface area contributed by atoms with Crippen LogP contribution in [0.3, 0.4) is 0 Å². The normalized spacial score (nSPS) is 10.7. The summed E-state index contributed by atoms with van der Waals surface area (Å²) in [5, 5.41) is 7.43. The lowest BCUT2D eigenvalue weighted by atomic mass is 9.99. The zero-order chi connectivity index (χ0) is 18.4. The van der Waals surface area contributed by atoms with Gasteiger partial charge < -0.3 is 5.32 Å². The standard InChI is InChI=1S/C20H17Cl2N3O/c21-16-7-3-14(4-8-16)20(15-5-9-17(22)10-6-15)24-13-19(26)25-18-2-1-11-23-12-18/h1-12,20,24H,13H2,(H,25,26). The molecule has 0 aliphatic rings. The second kappa shape index (κ2) is 8.81. The quantitative estimate of drug-likeness (QED) is 0.645. The van der Waals surface area contributed by atoms with Crippen LogP contribution in [0.4, 0.5) is 5.69 Å². The second-order valence-corrected chi connectivity index (χ2v) is 6.58. The van der Waals surface area contributed by atoms with Gasteiger partial charge in [-0.1, -0.05) is 47.5 Å². The molecule has 26 heavy (non-hydrogen) atoms. The minimum atomic E-state index is -0.163. The number of rotatable bonds is 6. The van der Waals surface area contributed by atoms with Crippen LogP contribution in [0.5, 0.6) is 0 Å². The number of pyridine rings is 1. The summed E-state index contributed by atoms with van der Waals surface area (Å²) >= 11 is 12.0. The number of hydrogen-bond donors (Lipinski definition) is 2. The average molecular weight is 386 g/mol. The Morgan fingerprint density at radius 2 is 1.50 bits per heavy atom. The summed E-state index contributed by atoms with van der Waals surface area (Å²) in [6, 6.07) is 18.5. The van der Waals surface area contributed by atoms with Crippen LogP contribution in [0.25, 0.3) is 0 Å². The number of halogens is 2. The topological polar surface area (TPSA) is 54.0 Å². The van der Waals surface area contributed by atoms with Crippen molar-refractivity contribution in [2.24, 2.45) is 0 Å². The van der Waals surface area contributed by atoms with E-state index in [0.717, 1.165) is 11.1 Å². The van der Waals surface area contributed by atoms with Crippen LogP contribution in [-0.4, -0.2) is 17.4 Å². The minimum absolute atomic E-state index is 0.144. The Hall–Kier alpha value is -2.40. The highest BCUT2D eigenvalue weighted by atomic mass is 35.5. The third-order valence-corrected chi connectivity index (χ3v) is 4.32. The van der Waals surface area contributed by atoms with Crippen LogP contribution >= 0.6 is 23.2 Å². The van der Waals surface area contributed by atoms with Gasteiger partial charge in [0.05, 0.1) is 24.5 Å². The third-order valence-electron chi connectivity index (χ3n) is 3.82. The summed E-state index contributed by atoms with van der Waals surface area (Å²) in [5.74, 6) is -0.147. The van der Waals surface area contributed by atoms with E-state index in [-0.39, 0.29) is 18.5 Å². The van der Waals surface area contributed by atoms with Crippen LogP contribution in [0.1, 0.15) is 17.2 Å². The van der Waals surface area contributed by atoms with Gasteiger partial charge in [-0.2, -0.15) is 0 Å². The van der Waals surface area contributed by atoms with E-state index in [1.54, 1.807) is 24.5 Å². The lowest BCUT2D eigenvalue weighted by Crippen LogP contribution is -2.31. The molecule has 0 unspecified atom stereocenters. The molecule has 0 saturated carbocycles. The average Bonchev–Trinajstić information content (AvgIpc) is 2.65. The van der Waals surface area contributed by atoms with Crippen molar-refractivity contribution >= 4 is 34.8 Å². The molecule has 1 amide bonds. The minimum Gasteiger partial charge on any atom is -0.324 e. The van der Waals surface area contributed by atoms with Crippen LogP contribution in [0.15, 0.2) is 73.1 Å². The number of nitrogens with zero attached hydrogens (tertiary/aromatic N) is 1. The summed E-state index contributed by atoms with van der Waals surface area (Å²) in [4.78, 5) is 16.2. The maximum absolute atomic E-state index is 12.2. The van der Waals surface area contributed by atoms with E-state index < -0.39 is 0 Å². The first-order valence-electron chi connectivity index (χ1n) is 8.06. The highest BCUT2D eigenvalue weighted by molar-refractivity contribution is 6.30. The molecular weight excluding hydrogens is 369 g/mol. The number of nitrogens with one attached hydrogen (secondary N) is 2. The van der Waals surface area contributed by atoms with Crippen LogP contribution in [0.2, 0.25) is 10.0 Å². The van der Waals surface area contributed by atoms with Gasteiger partial charge in [0.15, 0.2) is 0 Å². The molecule has 0 aliphatic carbocycles. The molecule has 3 rings (SSSR count). The van der Waals surface area contributed by atoms with Crippen molar-refractivity contribution in [3.8, 4) is 0 Å². The molecule has 0 fully saturated rings. The largest absolute Gasteiger partial charge is 0.324 e. The first-order chi connectivity index (χ1) is 12.6. The molecule has 0 bridgehead atoms. The van der Waals surface area contributed by atoms with Gasteiger partial charge in [-0.05, 0) is 47.5 Å². The van der Waals surface area contributed by atoms with Crippen molar-refractivity contribution in [1.82, 2.24) is 10.3 Å². The zero-order valence-corrected chi connectivity index (χ0v) is 15.3. The molecule has 0 radical (unpaired) electrons. The van der Waals surface area contributed by atoms with Crippen LogP contribution in [-0.2, 0) is 4.79 Å². The van der Waals surface area contributed by atoms with Crippen LogP contribution in [0, 0.1) is 0 Å². The fraction of sp³-hybridized carbons (Fsp3) is 0.100. The summed E-state index contributed by atoms with van der Waals surface area (Å²) in [6.45, 7) is 0.144. The van der Waals surface area contributed by atoms with E-state index in [4.69, 9.17) is 23.2 Å². The first kappa shape index (κ1) is 18.4. The molecule has 2 N–H and O–H groups in total. The van der Waals surface area contributed by atoms with Gasteiger partial charge in [-0.3, -0.25) is 15.1 Å². The molecule has 132 valence electrons. The lowest BCUT2D eigenvalue weighted by Gasteiger charge is -2.20. The SMILES string of the molecule is O=C(CNC(c1ccc(Cl)cc1)c1ccc(Cl)cc1)Nc1cccnc1. The number of hydrogen-bond acceptors (Lipinski definition) is 3. The van der Waals surface area contributed by atoms with Crippen LogP contribution < -0.4 is 10.6 Å². The number of amides is 1. The fourth-order valence-corrected chi connectivity index (χ4v) is 2.83. The maximum Gasteiger partial charge on any atom is 0.238 e. The predicted octanol–water partition coefficient (Wildman–Crippen LogP) is 4.71. The third kappa shape index (κ3) is 5.05. The number of carbonyl (C=O) groups is 1. The Kier molecular flexibility index (Phi) is 6.23. The number of aromatic nitrogens is 1. The number of anilines is 1. The van der Waals surface area contributed by atoms with Crippen molar-refractivity contribution in [2.45, 2.75) is 6.04 Å². The molecule has 0 aliphatic heterocycles. The molecular formula is C20H17Cl2N3O. The van der Waals surface area contributed by atoms with E-state index in [2.05, 4.69) is 15.6 Å². The van der Waals surface area contributed by atoms with Gasteiger partial charge in [0.2, 0.25) is 5.91 Å². The van der Waals surface area contributed by atoms with Gasteiger partial charge in [-0.15, -0.1) is 0 Å². The molecule has 2 aromatic carbocycles. The molecule has 1 aromatic heterocycles. The first-order valence-corrected chi connectivity index (χ1v) is 8.81. The van der Waals surface area contributed by atoms with Gasteiger partial charge >= 0.3 is 0 Å². The molecule has 6 heteroatoms. The number of benzene rings is 2. The summed E-state index contributed by atoms with van der Waals surface area (Å²) in [7, 11) is 0. The van der Waals surface area contributed by atoms with Gasteiger partial charge in [-0.25, -0.2) is 0 Å².